The number of anilines is 1. The molecule has 0 unspecified atom stereocenters. The van der Waals surface area contributed by atoms with E-state index in [2.05, 4.69) is 10.3 Å². The van der Waals surface area contributed by atoms with E-state index in [1.54, 1.807) is 19.2 Å². The summed E-state index contributed by atoms with van der Waals surface area (Å²) in [7, 11) is 3.04. The first kappa shape index (κ1) is 23.3. The van der Waals surface area contributed by atoms with E-state index in [0.717, 1.165) is 11.3 Å². The number of ether oxygens (including phenoxy) is 2. The fourth-order valence-electron chi connectivity index (χ4n) is 3.98. The summed E-state index contributed by atoms with van der Waals surface area (Å²) in [5.74, 6) is -0.525. The number of benzene rings is 1. The molecule has 1 aliphatic carbocycles. The molecule has 1 amide bonds. The predicted octanol–water partition coefficient (Wildman–Crippen LogP) is 5.13. The van der Waals surface area contributed by atoms with Gasteiger partial charge in [0.2, 0.25) is 5.88 Å². The first-order valence-electron chi connectivity index (χ1n) is 10.7. The molecule has 34 heavy (non-hydrogen) atoms. The molecular weight excluding hydrogens is 454 g/mol. The van der Waals surface area contributed by atoms with Crippen LogP contribution in [-0.2, 0) is 16.1 Å². The summed E-state index contributed by atoms with van der Waals surface area (Å²) in [6, 6.07) is 10.7. The highest BCUT2D eigenvalue weighted by Crippen LogP contribution is 2.34. The third kappa shape index (κ3) is 4.61. The van der Waals surface area contributed by atoms with Crippen LogP contribution in [0.4, 0.5) is 5.69 Å². The van der Waals surface area contributed by atoms with E-state index in [4.69, 9.17) is 21.1 Å². The smallest absolute Gasteiger partial charge is 0.296 e. The maximum absolute atomic E-state index is 13.5. The number of hydrogen-bond donors (Lipinski definition) is 1. The van der Waals surface area contributed by atoms with Gasteiger partial charge in [-0.25, -0.2) is 4.98 Å². The molecule has 0 saturated carbocycles. The molecule has 0 aliphatic heterocycles. The topological polar surface area (TPSA) is 82.5 Å². The molecule has 2 heterocycles. The summed E-state index contributed by atoms with van der Waals surface area (Å²) in [5, 5.41) is 3.30. The van der Waals surface area contributed by atoms with Gasteiger partial charge in [-0.1, -0.05) is 29.8 Å². The summed E-state index contributed by atoms with van der Waals surface area (Å²) in [6.45, 7) is 2.34. The number of methoxy groups -OCH3 is 2. The first-order valence-corrected chi connectivity index (χ1v) is 11.0. The van der Waals surface area contributed by atoms with E-state index in [1.165, 1.54) is 13.3 Å². The van der Waals surface area contributed by atoms with Crippen molar-refractivity contribution in [2.24, 2.45) is 0 Å². The molecule has 0 fully saturated rings. The van der Waals surface area contributed by atoms with Crippen LogP contribution in [0.15, 0.2) is 54.7 Å². The Balaban J connectivity index is 1.77. The standard InChI is InChI=1S/C26H24ClN3O4/c1-16-23(25(31)26(32)29-19-12-13-28-22(14-19)34-3)24-20(6-4-5-7-21(24)33-2)30(16)15-17-8-10-18(27)11-9-17/h4,6-14H,5,15H2,1-3H3,(H,28,29,32). The number of nitrogens with one attached hydrogen (secondary N) is 1. The van der Waals surface area contributed by atoms with Crippen LogP contribution in [-0.4, -0.2) is 35.5 Å². The Bertz CT molecular complexity index is 1310. The van der Waals surface area contributed by atoms with Crippen molar-refractivity contribution in [3.8, 4) is 5.88 Å². The molecule has 1 aromatic carbocycles. The third-order valence-electron chi connectivity index (χ3n) is 5.63. The SMILES string of the molecule is COC1=CCC=Cc2c1c(C(=O)C(=O)Nc1ccnc(OC)c1)c(C)n2Cc1ccc(Cl)cc1. The molecule has 1 N–H and O–H groups in total. The number of nitrogens with zero attached hydrogens (tertiary/aromatic N) is 2. The minimum absolute atomic E-state index is 0.308. The van der Waals surface area contributed by atoms with Crippen LogP contribution in [0.25, 0.3) is 11.8 Å². The molecule has 2 aromatic heterocycles. The van der Waals surface area contributed by atoms with E-state index < -0.39 is 11.7 Å². The van der Waals surface area contributed by atoms with Crippen LogP contribution in [0, 0.1) is 6.92 Å². The number of rotatable bonds is 7. The predicted molar refractivity (Wildman–Crippen MR) is 132 cm³/mol. The second kappa shape index (κ2) is 9.97. The van der Waals surface area contributed by atoms with E-state index in [9.17, 15) is 9.59 Å². The Hall–Kier alpha value is -3.84. The second-order valence-electron chi connectivity index (χ2n) is 7.71. The van der Waals surface area contributed by atoms with Crippen molar-refractivity contribution in [3.05, 3.63) is 87.8 Å². The number of halogens is 1. The molecule has 1 aliphatic rings. The lowest BCUT2D eigenvalue weighted by Crippen LogP contribution is -2.24. The van der Waals surface area contributed by atoms with Crippen molar-refractivity contribution in [1.82, 2.24) is 9.55 Å². The van der Waals surface area contributed by atoms with Gasteiger partial charge >= 0.3 is 0 Å². The fourth-order valence-corrected chi connectivity index (χ4v) is 4.10. The zero-order valence-electron chi connectivity index (χ0n) is 19.1. The fraction of sp³-hybridized carbons (Fsp3) is 0.192. The number of ketones is 1. The molecule has 0 spiro atoms. The summed E-state index contributed by atoms with van der Waals surface area (Å²) in [6.07, 6.45) is 8.00. The number of pyridine rings is 1. The van der Waals surface area contributed by atoms with Gasteiger partial charge < -0.3 is 19.4 Å². The van der Waals surface area contributed by atoms with E-state index >= 15 is 0 Å². The van der Waals surface area contributed by atoms with Crippen LogP contribution in [0.3, 0.4) is 0 Å². The van der Waals surface area contributed by atoms with Crippen molar-refractivity contribution in [2.75, 3.05) is 19.5 Å². The number of Topliss-reactive ketones (excluding diaryl/α,β-unsaturated/α-hetero) is 1. The number of allylic oxidation sites excluding steroid dienone is 2. The minimum atomic E-state index is -0.758. The van der Waals surface area contributed by atoms with Crippen LogP contribution < -0.4 is 10.1 Å². The zero-order chi connectivity index (χ0) is 24.2. The van der Waals surface area contributed by atoms with Crippen molar-refractivity contribution >= 4 is 40.8 Å². The highest BCUT2D eigenvalue weighted by Gasteiger charge is 2.31. The normalized spacial score (nSPS) is 12.4. The lowest BCUT2D eigenvalue weighted by Gasteiger charge is -2.11. The molecule has 8 heteroatoms. The van der Waals surface area contributed by atoms with E-state index in [1.807, 2.05) is 54.0 Å². The zero-order valence-corrected chi connectivity index (χ0v) is 19.8. The van der Waals surface area contributed by atoms with Gasteiger partial charge in [0, 0.05) is 35.2 Å². The Kier molecular flexibility index (Phi) is 6.84. The third-order valence-corrected chi connectivity index (χ3v) is 5.89. The summed E-state index contributed by atoms with van der Waals surface area (Å²) in [5.41, 5.74) is 3.81. The van der Waals surface area contributed by atoms with Gasteiger partial charge in [0.1, 0.15) is 5.76 Å². The molecule has 0 radical (unpaired) electrons. The Morgan fingerprint density at radius 3 is 2.62 bits per heavy atom. The summed E-state index contributed by atoms with van der Waals surface area (Å²) in [4.78, 5) is 30.5. The summed E-state index contributed by atoms with van der Waals surface area (Å²) < 4.78 is 12.7. The molecule has 0 saturated heterocycles. The Labute approximate surface area is 202 Å². The highest BCUT2D eigenvalue weighted by atomic mass is 35.5. The first-order chi connectivity index (χ1) is 16.4. The van der Waals surface area contributed by atoms with Crippen LogP contribution in [0.5, 0.6) is 5.88 Å². The van der Waals surface area contributed by atoms with Gasteiger partial charge in [0.15, 0.2) is 0 Å². The molecule has 0 bridgehead atoms. The number of aromatic nitrogens is 2. The molecule has 0 atom stereocenters. The van der Waals surface area contributed by atoms with Crippen LogP contribution in [0.2, 0.25) is 5.02 Å². The molecule has 174 valence electrons. The van der Waals surface area contributed by atoms with E-state index in [-0.39, 0.29) is 0 Å². The van der Waals surface area contributed by atoms with Gasteiger partial charge in [0.25, 0.3) is 11.7 Å². The Morgan fingerprint density at radius 2 is 1.91 bits per heavy atom. The maximum Gasteiger partial charge on any atom is 0.296 e. The highest BCUT2D eigenvalue weighted by molar-refractivity contribution is 6.47. The number of amides is 1. The van der Waals surface area contributed by atoms with Gasteiger partial charge in [-0.05, 0) is 49.3 Å². The van der Waals surface area contributed by atoms with Gasteiger partial charge in [-0.3, -0.25) is 9.59 Å². The lowest BCUT2D eigenvalue weighted by molar-refractivity contribution is -0.112. The Morgan fingerprint density at radius 1 is 1.15 bits per heavy atom. The van der Waals surface area contributed by atoms with Gasteiger partial charge in [-0.2, -0.15) is 0 Å². The maximum atomic E-state index is 13.5. The number of fused-ring (bicyclic) bond motifs is 1. The molecule has 3 aromatic rings. The lowest BCUT2D eigenvalue weighted by atomic mass is 10.0. The molecule has 7 nitrogen and oxygen atoms in total. The monoisotopic (exact) mass is 477 g/mol. The molecule has 4 rings (SSSR count). The van der Waals surface area contributed by atoms with Gasteiger partial charge in [0.05, 0.1) is 31.0 Å². The van der Waals surface area contributed by atoms with Crippen molar-refractivity contribution in [1.29, 1.82) is 0 Å². The van der Waals surface area contributed by atoms with Crippen LogP contribution in [0.1, 0.15) is 39.3 Å². The van der Waals surface area contributed by atoms with E-state index in [0.29, 0.717) is 52.1 Å². The van der Waals surface area contributed by atoms with Crippen LogP contribution >= 0.6 is 11.6 Å². The number of carbonyl (C=O) groups is 2. The van der Waals surface area contributed by atoms with Crippen molar-refractivity contribution in [3.63, 3.8) is 0 Å². The van der Waals surface area contributed by atoms with Crippen molar-refractivity contribution < 1.29 is 19.1 Å². The van der Waals surface area contributed by atoms with Crippen molar-refractivity contribution in [2.45, 2.75) is 19.9 Å². The number of hydrogen-bond acceptors (Lipinski definition) is 5. The average Bonchev–Trinajstić information content (AvgIpc) is 2.98. The summed E-state index contributed by atoms with van der Waals surface area (Å²) >= 11 is 6.04. The number of carbonyl (C=O) groups excluding carboxylic acids is 2. The second-order valence-corrected chi connectivity index (χ2v) is 8.15. The largest absolute Gasteiger partial charge is 0.496 e. The average molecular weight is 478 g/mol. The molecular formula is C26H24ClN3O4. The van der Waals surface area contributed by atoms with Gasteiger partial charge in [-0.15, -0.1) is 0 Å². The quantitative estimate of drug-likeness (QED) is 0.377. The minimum Gasteiger partial charge on any atom is -0.496 e.